The Morgan fingerprint density at radius 1 is 1.08 bits per heavy atom. The van der Waals surface area contributed by atoms with Gasteiger partial charge in [-0.3, -0.25) is 10.1 Å². The molecule has 0 aromatic heterocycles. The summed E-state index contributed by atoms with van der Waals surface area (Å²) in [7, 11) is 0. The number of rotatable bonds is 8. The number of benzene rings is 2. The first-order chi connectivity index (χ1) is 11.7. The first kappa shape index (κ1) is 17.8. The highest BCUT2D eigenvalue weighted by Gasteiger charge is 2.10. The summed E-state index contributed by atoms with van der Waals surface area (Å²) in [4.78, 5) is 17.5. The SMILES string of the molecule is CCCCCCCON=C(N)NC(=O)c1cccc2ccccc12. The minimum Gasteiger partial charge on any atom is -0.393 e. The van der Waals surface area contributed by atoms with E-state index in [1.807, 2.05) is 36.4 Å². The largest absolute Gasteiger partial charge is 0.393 e. The molecule has 0 atom stereocenters. The van der Waals surface area contributed by atoms with Gasteiger partial charge in [-0.1, -0.05) is 62.6 Å². The average molecular weight is 327 g/mol. The summed E-state index contributed by atoms with van der Waals surface area (Å²) < 4.78 is 0. The smallest absolute Gasteiger partial charge is 0.258 e. The Hall–Kier alpha value is -2.56. The number of nitrogens with two attached hydrogens (primary N) is 1. The molecule has 5 nitrogen and oxygen atoms in total. The summed E-state index contributed by atoms with van der Waals surface area (Å²) in [6.07, 6.45) is 5.72. The monoisotopic (exact) mass is 327 g/mol. The van der Waals surface area contributed by atoms with Gasteiger partial charge >= 0.3 is 0 Å². The van der Waals surface area contributed by atoms with Gasteiger partial charge in [0.2, 0.25) is 5.96 Å². The van der Waals surface area contributed by atoms with Crippen LogP contribution in [0.2, 0.25) is 0 Å². The molecule has 2 aromatic rings. The third-order valence-electron chi connectivity index (χ3n) is 3.78. The molecule has 0 unspecified atom stereocenters. The van der Waals surface area contributed by atoms with Gasteiger partial charge in [0.1, 0.15) is 6.61 Å². The maximum absolute atomic E-state index is 12.3. The number of fused-ring (bicyclic) bond motifs is 1. The number of guanidine groups is 1. The lowest BCUT2D eigenvalue weighted by atomic mass is 10.0. The second-order valence-corrected chi connectivity index (χ2v) is 5.70. The van der Waals surface area contributed by atoms with E-state index in [1.54, 1.807) is 6.07 Å². The molecule has 0 aliphatic heterocycles. The van der Waals surface area contributed by atoms with E-state index in [-0.39, 0.29) is 11.9 Å². The quantitative estimate of drug-likeness (QED) is 0.335. The van der Waals surface area contributed by atoms with Crippen LogP contribution >= 0.6 is 0 Å². The van der Waals surface area contributed by atoms with Gasteiger partial charge in [0.25, 0.3) is 5.91 Å². The Bertz CT molecular complexity index is 693. The van der Waals surface area contributed by atoms with E-state index in [9.17, 15) is 4.79 Å². The molecule has 0 heterocycles. The molecule has 0 saturated carbocycles. The molecule has 5 heteroatoms. The number of amides is 1. The lowest BCUT2D eigenvalue weighted by Crippen LogP contribution is -2.37. The zero-order valence-corrected chi connectivity index (χ0v) is 14.1. The van der Waals surface area contributed by atoms with E-state index in [4.69, 9.17) is 10.6 Å². The number of carbonyl (C=O) groups excluding carboxylic acids is 1. The van der Waals surface area contributed by atoms with Crippen LogP contribution in [0.15, 0.2) is 47.6 Å². The number of oxime groups is 1. The summed E-state index contributed by atoms with van der Waals surface area (Å²) in [5.74, 6) is -0.318. The maximum Gasteiger partial charge on any atom is 0.258 e. The summed E-state index contributed by atoms with van der Waals surface area (Å²) in [5, 5.41) is 8.19. The lowest BCUT2D eigenvalue weighted by Gasteiger charge is -2.07. The summed E-state index contributed by atoms with van der Waals surface area (Å²) in [6, 6.07) is 13.3. The molecular formula is C19H25N3O2. The highest BCUT2D eigenvalue weighted by Crippen LogP contribution is 2.18. The predicted octanol–water partition coefficient (Wildman–Crippen LogP) is 3.79. The molecule has 2 aromatic carbocycles. The van der Waals surface area contributed by atoms with E-state index in [0.29, 0.717) is 12.2 Å². The maximum atomic E-state index is 12.3. The molecular weight excluding hydrogens is 302 g/mol. The zero-order chi connectivity index (χ0) is 17.2. The molecule has 0 radical (unpaired) electrons. The predicted molar refractivity (Wildman–Crippen MR) is 97.7 cm³/mol. The fourth-order valence-corrected chi connectivity index (χ4v) is 2.52. The van der Waals surface area contributed by atoms with Gasteiger partial charge < -0.3 is 10.6 Å². The third kappa shape index (κ3) is 5.26. The van der Waals surface area contributed by atoms with Crippen LogP contribution in [0.5, 0.6) is 0 Å². The standard InChI is InChI=1S/C19H25N3O2/c1-2-3-4-5-8-14-24-22-19(20)21-18(23)17-13-9-11-15-10-6-7-12-16(15)17/h6-7,9-13H,2-5,8,14H2,1H3,(H3,20,21,22,23). The van der Waals surface area contributed by atoms with Crippen molar-refractivity contribution in [3.63, 3.8) is 0 Å². The van der Waals surface area contributed by atoms with Gasteiger partial charge in [0, 0.05) is 5.56 Å². The van der Waals surface area contributed by atoms with Crippen molar-refractivity contribution in [2.75, 3.05) is 6.61 Å². The van der Waals surface area contributed by atoms with Crippen LogP contribution in [0.3, 0.4) is 0 Å². The minimum absolute atomic E-state index is 0.0264. The van der Waals surface area contributed by atoms with Crippen molar-refractivity contribution in [1.29, 1.82) is 0 Å². The van der Waals surface area contributed by atoms with E-state index in [0.717, 1.165) is 23.6 Å². The molecule has 24 heavy (non-hydrogen) atoms. The molecule has 0 spiro atoms. The van der Waals surface area contributed by atoms with Gasteiger partial charge in [-0.15, -0.1) is 0 Å². The van der Waals surface area contributed by atoms with Gasteiger partial charge in [0.15, 0.2) is 0 Å². The second kappa shape index (κ2) is 9.55. The highest BCUT2D eigenvalue weighted by molar-refractivity contribution is 6.12. The molecule has 0 saturated heterocycles. The van der Waals surface area contributed by atoms with Crippen molar-refractivity contribution < 1.29 is 9.63 Å². The van der Waals surface area contributed by atoms with Gasteiger partial charge in [-0.25, -0.2) is 0 Å². The fourth-order valence-electron chi connectivity index (χ4n) is 2.52. The molecule has 0 bridgehead atoms. The minimum atomic E-state index is -0.292. The topological polar surface area (TPSA) is 76.7 Å². The summed E-state index contributed by atoms with van der Waals surface area (Å²) in [5.41, 5.74) is 6.27. The van der Waals surface area contributed by atoms with Crippen molar-refractivity contribution in [2.45, 2.75) is 39.0 Å². The van der Waals surface area contributed by atoms with Crippen LogP contribution in [0.4, 0.5) is 0 Å². The normalized spacial score (nSPS) is 11.5. The van der Waals surface area contributed by atoms with Crippen LogP contribution in [-0.2, 0) is 4.84 Å². The summed E-state index contributed by atoms with van der Waals surface area (Å²) in [6.45, 7) is 2.69. The van der Waals surface area contributed by atoms with Crippen LogP contribution in [0.1, 0.15) is 49.4 Å². The molecule has 0 aliphatic carbocycles. The number of carbonyl (C=O) groups is 1. The first-order valence-corrected chi connectivity index (χ1v) is 8.47. The number of nitrogens with zero attached hydrogens (tertiary/aromatic N) is 1. The molecule has 0 aliphatic rings. The van der Waals surface area contributed by atoms with Crippen LogP contribution < -0.4 is 11.1 Å². The van der Waals surface area contributed by atoms with E-state index in [2.05, 4.69) is 17.4 Å². The average Bonchev–Trinajstić information content (AvgIpc) is 2.60. The number of hydrogen-bond donors (Lipinski definition) is 2. The Labute approximate surface area is 142 Å². The van der Waals surface area contributed by atoms with E-state index in [1.165, 1.54) is 19.3 Å². The van der Waals surface area contributed by atoms with Crippen LogP contribution in [-0.4, -0.2) is 18.5 Å². The van der Waals surface area contributed by atoms with Crippen molar-refractivity contribution in [3.05, 3.63) is 48.0 Å². The van der Waals surface area contributed by atoms with Crippen molar-refractivity contribution in [3.8, 4) is 0 Å². The Balaban J connectivity index is 1.85. The molecule has 128 valence electrons. The molecule has 3 N–H and O–H groups in total. The molecule has 0 fully saturated rings. The first-order valence-electron chi connectivity index (χ1n) is 8.47. The number of unbranched alkanes of at least 4 members (excludes halogenated alkanes) is 4. The van der Waals surface area contributed by atoms with Crippen molar-refractivity contribution >= 4 is 22.6 Å². The third-order valence-corrected chi connectivity index (χ3v) is 3.78. The van der Waals surface area contributed by atoms with E-state index < -0.39 is 0 Å². The molecule has 1 amide bonds. The van der Waals surface area contributed by atoms with Gasteiger partial charge in [-0.2, -0.15) is 0 Å². The van der Waals surface area contributed by atoms with Gasteiger partial charge in [0.05, 0.1) is 0 Å². The number of hydrogen-bond acceptors (Lipinski definition) is 3. The second-order valence-electron chi connectivity index (χ2n) is 5.70. The van der Waals surface area contributed by atoms with Crippen molar-refractivity contribution in [1.82, 2.24) is 5.32 Å². The van der Waals surface area contributed by atoms with E-state index >= 15 is 0 Å². The Morgan fingerprint density at radius 3 is 2.67 bits per heavy atom. The molecule has 2 rings (SSSR count). The summed E-state index contributed by atoms with van der Waals surface area (Å²) >= 11 is 0. The van der Waals surface area contributed by atoms with Crippen molar-refractivity contribution in [2.24, 2.45) is 10.9 Å². The fraction of sp³-hybridized carbons (Fsp3) is 0.368. The van der Waals surface area contributed by atoms with Gasteiger partial charge in [-0.05, 0) is 34.8 Å². The Morgan fingerprint density at radius 2 is 1.83 bits per heavy atom. The van der Waals surface area contributed by atoms with Crippen LogP contribution in [0.25, 0.3) is 10.8 Å². The zero-order valence-electron chi connectivity index (χ0n) is 14.1. The highest BCUT2D eigenvalue weighted by atomic mass is 16.6. The van der Waals surface area contributed by atoms with Crippen LogP contribution in [0, 0.1) is 0 Å². The Kier molecular flexibility index (Phi) is 7.08. The lowest BCUT2D eigenvalue weighted by molar-refractivity contribution is 0.0971. The number of nitrogens with one attached hydrogen (secondary N) is 1.